The van der Waals surface area contributed by atoms with Crippen molar-refractivity contribution in [3.05, 3.63) is 66.7 Å². The topological polar surface area (TPSA) is 81.9 Å². The predicted octanol–water partition coefficient (Wildman–Crippen LogP) is 3.76. The van der Waals surface area contributed by atoms with Crippen molar-refractivity contribution in [3.63, 3.8) is 0 Å². The van der Waals surface area contributed by atoms with Gasteiger partial charge in [0.25, 0.3) is 0 Å². The van der Waals surface area contributed by atoms with Crippen molar-refractivity contribution in [2.24, 2.45) is 0 Å². The van der Waals surface area contributed by atoms with Crippen LogP contribution in [0.2, 0.25) is 0 Å². The van der Waals surface area contributed by atoms with Crippen LogP contribution >= 0.6 is 0 Å². The molecule has 0 aliphatic carbocycles. The summed E-state index contributed by atoms with van der Waals surface area (Å²) in [5.41, 5.74) is 3.64. The molecule has 4 rings (SSSR count). The number of aromatic nitrogens is 3. The third kappa shape index (κ3) is 5.35. The summed E-state index contributed by atoms with van der Waals surface area (Å²) in [6, 6.07) is 21.6. The zero-order valence-electron chi connectivity index (χ0n) is 18.2. The Kier molecular flexibility index (Phi) is 7.16. The molecule has 0 atom stereocenters. The largest absolute Gasteiger partial charge is 0.497 e. The van der Waals surface area contributed by atoms with E-state index in [0.717, 1.165) is 47.2 Å². The van der Waals surface area contributed by atoms with Crippen LogP contribution in [-0.4, -0.2) is 55.1 Å². The molecule has 0 saturated heterocycles. The highest BCUT2D eigenvalue weighted by molar-refractivity contribution is 5.65. The van der Waals surface area contributed by atoms with Gasteiger partial charge >= 0.3 is 0 Å². The monoisotopic (exact) mass is 433 g/mol. The van der Waals surface area contributed by atoms with Crippen LogP contribution in [0.1, 0.15) is 0 Å². The van der Waals surface area contributed by atoms with Crippen molar-refractivity contribution in [3.8, 4) is 22.8 Å². The molecule has 8 heteroatoms. The smallest absolute Gasteiger partial charge is 0.247 e. The minimum absolute atomic E-state index is 0.530. The van der Waals surface area contributed by atoms with Gasteiger partial charge < -0.3 is 24.8 Å². The van der Waals surface area contributed by atoms with Crippen molar-refractivity contribution >= 4 is 17.3 Å². The Hall–Kier alpha value is -3.62. The number of ether oxygens (including phenoxy) is 3. The summed E-state index contributed by atoms with van der Waals surface area (Å²) in [6.07, 6.45) is 0. The van der Waals surface area contributed by atoms with E-state index in [0.29, 0.717) is 19.2 Å². The van der Waals surface area contributed by atoms with Gasteiger partial charge in [-0.2, -0.15) is 4.98 Å². The fourth-order valence-electron chi connectivity index (χ4n) is 3.24. The average Bonchev–Trinajstić information content (AvgIpc) is 3.25. The average molecular weight is 434 g/mol. The number of nitrogens with zero attached hydrogens (tertiary/aromatic N) is 3. The first-order valence-electron chi connectivity index (χ1n) is 10.5. The van der Waals surface area contributed by atoms with Gasteiger partial charge in [0, 0.05) is 31.5 Å². The number of hydrogen-bond acceptors (Lipinski definition) is 7. The highest BCUT2D eigenvalue weighted by Crippen LogP contribution is 2.24. The SMILES string of the molecule is COCCNCCOc1ccc(Nc2nc3cccc(-c4ccc(OC)cc4)n3n2)cc1. The fourth-order valence-corrected chi connectivity index (χ4v) is 3.24. The summed E-state index contributed by atoms with van der Waals surface area (Å²) in [6.45, 7) is 2.87. The van der Waals surface area contributed by atoms with E-state index in [1.807, 2.05) is 71.2 Å². The standard InChI is InChI=1S/C24H27N5O3/c1-30-16-14-25-15-17-32-21-12-8-19(9-13-21)26-24-27-23-5-3-4-22(29(23)28-24)18-6-10-20(31-2)11-7-18/h3-13,25H,14-17H2,1-2H3,(H,26,28). The Morgan fingerprint density at radius 1 is 0.844 bits per heavy atom. The van der Waals surface area contributed by atoms with Crippen LogP contribution in [-0.2, 0) is 4.74 Å². The Balaban J connectivity index is 1.41. The van der Waals surface area contributed by atoms with Gasteiger partial charge in [-0.25, -0.2) is 4.52 Å². The van der Waals surface area contributed by atoms with Crippen LogP contribution in [0.4, 0.5) is 11.6 Å². The number of benzene rings is 2. The van der Waals surface area contributed by atoms with Gasteiger partial charge in [0.05, 0.1) is 19.4 Å². The maximum absolute atomic E-state index is 5.75. The Morgan fingerprint density at radius 2 is 1.59 bits per heavy atom. The minimum Gasteiger partial charge on any atom is -0.497 e. The molecule has 0 aliphatic rings. The normalized spacial score (nSPS) is 10.9. The number of pyridine rings is 1. The zero-order chi connectivity index (χ0) is 22.2. The summed E-state index contributed by atoms with van der Waals surface area (Å²) in [5.74, 6) is 2.16. The van der Waals surface area contributed by atoms with Crippen molar-refractivity contribution in [1.29, 1.82) is 0 Å². The van der Waals surface area contributed by atoms with Crippen LogP contribution in [0.25, 0.3) is 16.9 Å². The minimum atomic E-state index is 0.530. The molecule has 0 bridgehead atoms. The first-order valence-corrected chi connectivity index (χ1v) is 10.5. The summed E-state index contributed by atoms with van der Waals surface area (Å²) >= 11 is 0. The van der Waals surface area contributed by atoms with E-state index < -0.39 is 0 Å². The van der Waals surface area contributed by atoms with Gasteiger partial charge in [-0.05, 0) is 60.7 Å². The highest BCUT2D eigenvalue weighted by atomic mass is 16.5. The van der Waals surface area contributed by atoms with Gasteiger partial charge in [-0.15, -0.1) is 5.10 Å². The third-order valence-corrected chi connectivity index (χ3v) is 4.89. The van der Waals surface area contributed by atoms with Gasteiger partial charge in [-0.1, -0.05) is 6.07 Å². The number of methoxy groups -OCH3 is 2. The van der Waals surface area contributed by atoms with Gasteiger partial charge in [0.2, 0.25) is 5.95 Å². The van der Waals surface area contributed by atoms with E-state index in [4.69, 9.17) is 14.2 Å². The second kappa shape index (κ2) is 10.6. The fraction of sp³-hybridized carbons (Fsp3) is 0.250. The quantitative estimate of drug-likeness (QED) is 0.349. The molecule has 2 N–H and O–H groups in total. The van der Waals surface area contributed by atoms with Crippen LogP contribution < -0.4 is 20.1 Å². The van der Waals surface area contributed by atoms with Crippen LogP contribution in [0, 0.1) is 0 Å². The zero-order valence-corrected chi connectivity index (χ0v) is 18.2. The summed E-state index contributed by atoms with van der Waals surface area (Å²) in [4.78, 5) is 4.60. The molecule has 4 aromatic rings. The van der Waals surface area contributed by atoms with Crippen molar-refractivity contribution in [2.45, 2.75) is 0 Å². The van der Waals surface area contributed by atoms with E-state index in [9.17, 15) is 0 Å². The molecular formula is C24H27N5O3. The molecule has 0 unspecified atom stereocenters. The lowest BCUT2D eigenvalue weighted by Crippen LogP contribution is -2.24. The van der Waals surface area contributed by atoms with Gasteiger partial charge in [-0.3, -0.25) is 0 Å². The Morgan fingerprint density at radius 3 is 2.34 bits per heavy atom. The van der Waals surface area contributed by atoms with Crippen molar-refractivity contribution in [2.75, 3.05) is 45.8 Å². The lowest BCUT2D eigenvalue weighted by molar-refractivity contribution is 0.197. The van der Waals surface area contributed by atoms with E-state index >= 15 is 0 Å². The molecule has 166 valence electrons. The van der Waals surface area contributed by atoms with E-state index in [1.165, 1.54) is 0 Å². The maximum atomic E-state index is 5.75. The molecule has 8 nitrogen and oxygen atoms in total. The van der Waals surface area contributed by atoms with Crippen molar-refractivity contribution < 1.29 is 14.2 Å². The van der Waals surface area contributed by atoms with Crippen LogP contribution in [0.15, 0.2) is 66.7 Å². The van der Waals surface area contributed by atoms with E-state index in [-0.39, 0.29) is 0 Å². The molecule has 0 fully saturated rings. The number of anilines is 2. The molecule has 0 amide bonds. The molecule has 0 saturated carbocycles. The number of fused-ring (bicyclic) bond motifs is 1. The molecule has 2 heterocycles. The molecule has 2 aromatic carbocycles. The predicted molar refractivity (Wildman–Crippen MR) is 125 cm³/mol. The summed E-state index contributed by atoms with van der Waals surface area (Å²) in [5, 5.41) is 11.2. The van der Waals surface area contributed by atoms with Crippen molar-refractivity contribution in [1.82, 2.24) is 19.9 Å². The number of rotatable bonds is 11. The Labute approximate surface area is 187 Å². The molecular weight excluding hydrogens is 406 g/mol. The van der Waals surface area contributed by atoms with E-state index in [2.05, 4.69) is 20.7 Å². The van der Waals surface area contributed by atoms with Gasteiger partial charge in [0.1, 0.15) is 18.1 Å². The highest BCUT2D eigenvalue weighted by Gasteiger charge is 2.09. The second-order valence-corrected chi connectivity index (χ2v) is 7.09. The molecule has 0 radical (unpaired) electrons. The lowest BCUT2D eigenvalue weighted by Gasteiger charge is -2.08. The molecule has 2 aromatic heterocycles. The van der Waals surface area contributed by atoms with E-state index in [1.54, 1.807) is 14.2 Å². The molecule has 0 spiro atoms. The van der Waals surface area contributed by atoms with Crippen LogP contribution in [0.3, 0.4) is 0 Å². The first kappa shape index (κ1) is 21.6. The van der Waals surface area contributed by atoms with Crippen LogP contribution in [0.5, 0.6) is 11.5 Å². The maximum Gasteiger partial charge on any atom is 0.247 e. The first-order chi connectivity index (χ1) is 15.8. The van der Waals surface area contributed by atoms with Gasteiger partial charge in [0.15, 0.2) is 5.65 Å². The molecule has 0 aliphatic heterocycles. The number of hydrogen-bond donors (Lipinski definition) is 2. The lowest BCUT2D eigenvalue weighted by atomic mass is 10.1. The summed E-state index contributed by atoms with van der Waals surface area (Å²) in [7, 11) is 3.35. The number of nitrogens with one attached hydrogen (secondary N) is 2. The molecule has 32 heavy (non-hydrogen) atoms. The second-order valence-electron chi connectivity index (χ2n) is 7.09. The Bertz CT molecular complexity index is 1130. The third-order valence-electron chi connectivity index (χ3n) is 4.89. The summed E-state index contributed by atoms with van der Waals surface area (Å²) < 4.78 is 17.8.